The summed E-state index contributed by atoms with van der Waals surface area (Å²) in [6.07, 6.45) is 0.878. The molecule has 0 unspecified atom stereocenters. The standard InChI is InChI=1S/C18H26N4O2S.HI/c1-12-13(2)25-16(22-12)9-10-20-18(19-3)21-11-14-7-6-8-15(23-4)17(14)24-5;/h6-8H,9-11H2,1-5H3,(H2,19,20,21);1H. The molecule has 0 radical (unpaired) electrons. The molecule has 0 aliphatic carbocycles. The van der Waals surface area contributed by atoms with Crippen LogP contribution in [-0.2, 0) is 13.0 Å². The van der Waals surface area contributed by atoms with Gasteiger partial charge in [-0.3, -0.25) is 4.99 Å². The monoisotopic (exact) mass is 490 g/mol. The van der Waals surface area contributed by atoms with Crippen molar-refractivity contribution in [3.63, 3.8) is 0 Å². The van der Waals surface area contributed by atoms with Crippen LogP contribution < -0.4 is 20.1 Å². The smallest absolute Gasteiger partial charge is 0.191 e. The number of aromatic nitrogens is 1. The molecule has 8 heteroatoms. The predicted molar refractivity (Wildman–Crippen MR) is 118 cm³/mol. The van der Waals surface area contributed by atoms with E-state index >= 15 is 0 Å². The summed E-state index contributed by atoms with van der Waals surface area (Å²) >= 11 is 1.75. The average molecular weight is 490 g/mol. The maximum Gasteiger partial charge on any atom is 0.191 e. The van der Waals surface area contributed by atoms with Crippen molar-refractivity contribution < 1.29 is 9.47 Å². The Morgan fingerprint density at radius 3 is 2.54 bits per heavy atom. The van der Waals surface area contributed by atoms with Crippen molar-refractivity contribution in [3.8, 4) is 11.5 Å². The van der Waals surface area contributed by atoms with Crippen molar-refractivity contribution in [2.75, 3.05) is 27.8 Å². The van der Waals surface area contributed by atoms with Gasteiger partial charge >= 0.3 is 0 Å². The quantitative estimate of drug-likeness (QED) is 0.354. The Morgan fingerprint density at radius 1 is 1.19 bits per heavy atom. The molecular weight excluding hydrogens is 463 g/mol. The highest BCUT2D eigenvalue weighted by Gasteiger charge is 2.10. The number of aryl methyl sites for hydroxylation is 2. The van der Waals surface area contributed by atoms with E-state index in [2.05, 4.69) is 27.5 Å². The molecule has 26 heavy (non-hydrogen) atoms. The summed E-state index contributed by atoms with van der Waals surface area (Å²) < 4.78 is 10.8. The summed E-state index contributed by atoms with van der Waals surface area (Å²) in [7, 11) is 5.04. The van der Waals surface area contributed by atoms with Gasteiger partial charge in [0.2, 0.25) is 0 Å². The van der Waals surface area contributed by atoms with Crippen LogP contribution in [-0.4, -0.2) is 38.8 Å². The Hall–Kier alpha value is -1.55. The average Bonchev–Trinajstić information content (AvgIpc) is 2.95. The van der Waals surface area contributed by atoms with Crippen LogP contribution in [0.4, 0.5) is 0 Å². The van der Waals surface area contributed by atoms with Crippen LogP contribution in [0.25, 0.3) is 0 Å². The number of halogens is 1. The van der Waals surface area contributed by atoms with Crippen LogP contribution in [0.2, 0.25) is 0 Å². The van der Waals surface area contributed by atoms with Crippen LogP contribution in [0.3, 0.4) is 0 Å². The minimum atomic E-state index is 0. The van der Waals surface area contributed by atoms with E-state index in [-0.39, 0.29) is 24.0 Å². The summed E-state index contributed by atoms with van der Waals surface area (Å²) in [6, 6.07) is 5.83. The lowest BCUT2D eigenvalue weighted by atomic mass is 10.2. The first-order valence-electron chi connectivity index (χ1n) is 8.16. The molecule has 2 N–H and O–H groups in total. The fraction of sp³-hybridized carbons (Fsp3) is 0.444. The van der Waals surface area contributed by atoms with Crippen molar-refractivity contribution in [2.45, 2.75) is 26.8 Å². The Morgan fingerprint density at radius 2 is 1.96 bits per heavy atom. The largest absolute Gasteiger partial charge is 0.493 e. The number of hydrogen-bond acceptors (Lipinski definition) is 5. The lowest BCUT2D eigenvalue weighted by Gasteiger charge is -2.15. The van der Waals surface area contributed by atoms with E-state index < -0.39 is 0 Å². The number of hydrogen-bond donors (Lipinski definition) is 2. The predicted octanol–water partition coefficient (Wildman–Crippen LogP) is 3.30. The van der Waals surface area contributed by atoms with Gasteiger partial charge in [-0.2, -0.15) is 0 Å². The van der Waals surface area contributed by atoms with Gasteiger partial charge in [0.25, 0.3) is 0 Å². The van der Waals surface area contributed by atoms with Crippen molar-refractivity contribution in [1.82, 2.24) is 15.6 Å². The molecule has 0 spiro atoms. The SMILES string of the molecule is CN=C(NCCc1nc(C)c(C)s1)NCc1cccc(OC)c1OC.I. The molecule has 0 saturated heterocycles. The number of guanidine groups is 1. The van der Waals surface area contributed by atoms with Gasteiger partial charge in [-0.25, -0.2) is 4.98 Å². The third kappa shape index (κ3) is 6.01. The summed E-state index contributed by atoms with van der Waals surface area (Å²) in [4.78, 5) is 10.1. The molecule has 2 aromatic rings. The van der Waals surface area contributed by atoms with E-state index in [1.165, 1.54) is 4.88 Å². The molecule has 0 aliphatic rings. The molecule has 0 aliphatic heterocycles. The molecule has 0 bridgehead atoms. The Labute approximate surface area is 176 Å². The number of benzene rings is 1. The van der Waals surface area contributed by atoms with Crippen LogP contribution in [0.1, 0.15) is 21.1 Å². The van der Waals surface area contributed by atoms with Gasteiger partial charge in [0.1, 0.15) is 0 Å². The van der Waals surface area contributed by atoms with E-state index in [9.17, 15) is 0 Å². The maximum atomic E-state index is 5.45. The lowest BCUT2D eigenvalue weighted by molar-refractivity contribution is 0.351. The normalized spacial score (nSPS) is 10.9. The molecular formula is C18H27IN4O2S. The molecule has 0 fully saturated rings. The molecule has 0 saturated carbocycles. The third-order valence-corrected chi connectivity index (χ3v) is 4.99. The van der Waals surface area contributed by atoms with Crippen molar-refractivity contribution >= 4 is 41.3 Å². The number of methoxy groups -OCH3 is 2. The molecule has 1 heterocycles. The van der Waals surface area contributed by atoms with E-state index in [0.717, 1.165) is 46.7 Å². The zero-order valence-electron chi connectivity index (χ0n) is 15.9. The lowest BCUT2D eigenvalue weighted by Crippen LogP contribution is -2.37. The number of rotatable bonds is 7. The van der Waals surface area contributed by atoms with Crippen molar-refractivity contribution in [3.05, 3.63) is 39.3 Å². The Balaban J connectivity index is 0.00000338. The van der Waals surface area contributed by atoms with Gasteiger partial charge in [-0.05, 0) is 19.9 Å². The fourth-order valence-electron chi connectivity index (χ4n) is 2.43. The third-order valence-electron chi connectivity index (χ3n) is 3.86. The first-order valence-corrected chi connectivity index (χ1v) is 8.98. The summed E-state index contributed by atoms with van der Waals surface area (Å²) in [6.45, 7) is 5.52. The highest BCUT2D eigenvalue weighted by molar-refractivity contribution is 14.0. The van der Waals surface area contributed by atoms with Crippen LogP contribution in [0, 0.1) is 13.8 Å². The van der Waals surface area contributed by atoms with E-state index in [1.807, 2.05) is 25.1 Å². The minimum Gasteiger partial charge on any atom is -0.493 e. The van der Waals surface area contributed by atoms with E-state index in [4.69, 9.17) is 9.47 Å². The van der Waals surface area contributed by atoms with Crippen LogP contribution in [0.5, 0.6) is 11.5 Å². The van der Waals surface area contributed by atoms with Crippen LogP contribution in [0.15, 0.2) is 23.2 Å². The number of thiazole rings is 1. The number of nitrogens with zero attached hydrogens (tertiary/aromatic N) is 2. The Bertz CT molecular complexity index is 714. The summed E-state index contributed by atoms with van der Waals surface area (Å²) in [5.41, 5.74) is 2.13. The van der Waals surface area contributed by atoms with Crippen molar-refractivity contribution in [1.29, 1.82) is 0 Å². The Kier molecular flexibility index (Phi) is 9.71. The minimum absolute atomic E-state index is 0. The molecule has 2 rings (SSSR count). The fourth-order valence-corrected chi connectivity index (χ4v) is 3.36. The summed E-state index contributed by atoms with van der Waals surface area (Å²) in [5, 5.41) is 7.76. The van der Waals surface area contributed by atoms with E-state index in [0.29, 0.717) is 6.54 Å². The number of aliphatic imine (C=N–C) groups is 1. The van der Waals surface area contributed by atoms with E-state index in [1.54, 1.807) is 32.6 Å². The van der Waals surface area contributed by atoms with Gasteiger partial charge in [-0.15, -0.1) is 35.3 Å². The second-order valence-corrected chi connectivity index (χ2v) is 6.79. The first kappa shape index (κ1) is 22.5. The highest BCUT2D eigenvalue weighted by Crippen LogP contribution is 2.30. The second-order valence-electron chi connectivity index (χ2n) is 5.50. The van der Waals surface area contributed by atoms with Crippen molar-refractivity contribution in [2.24, 2.45) is 4.99 Å². The maximum absolute atomic E-state index is 5.45. The summed E-state index contributed by atoms with van der Waals surface area (Å²) in [5.74, 6) is 2.20. The molecule has 1 aromatic heterocycles. The van der Waals surface area contributed by atoms with Crippen LogP contribution >= 0.6 is 35.3 Å². The van der Waals surface area contributed by atoms with Gasteiger partial charge in [0.15, 0.2) is 17.5 Å². The molecule has 144 valence electrons. The first-order chi connectivity index (χ1) is 12.1. The number of para-hydroxylation sites is 1. The van der Waals surface area contributed by atoms with Gasteiger partial charge in [-0.1, -0.05) is 12.1 Å². The zero-order valence-corrected chi connectivity index (χ0v) is 19.0. The molecule has 0 atom stereocenters. The number of nitrogens with one attached hydrogen (secondary N) is 2. The number of ether oxygens (including phenoxy) is 2. The molecule has 1 aromatic carbocycles. The molecule has 0 amide bonds. The molecule has 6 nitrogen and oxygen atoms in total. The zero-order chi connectivity index (χ0) is 18.2. The topological polar surface area (TPSA) is 67.8 Å². The van der Waals surface area contributed by atoms with Gasteiger partial charge in [0, 0.05) is 37.0 Å². The second kappa shape index (κ2) is 11.2. The highest BCUT2D eigenvalue weighted by atomic mass is 127. The van der Waals surface area contributed by atoms with Gasteiger partial charge in [0.05, 0.1) is 24.9 Å². The van der Waals surface area contributed by atoms with Gasteiger partial charge < -0.3 is 20.1 Å².